The Morgan fingerprint density at radius 3 is 2.79 bits per heavy atom. The topological polar surface area (TPSA) is 40.5 Å². The number of unbranched alkanes of at least 4 members (excludes halogenated alkanes) is 2. The van der Waals surface area contributed by atoms with Gasteiger partial charge >= 0.3 is 0 Å². The van der Waals surface area contributed by atoms with Crippen LogP contribution in [0.3, 0.4) is 0 Å². The molecule has 0 heterocycles. The van der Waals surface area contributed by atoms with Crippen LogP contribution in [0, 0.1) is 5.92 Å². The Morgan fingerprint density at radius 2 is 2.14 bits per heavy atom. The zero-order valence-electron chi connectivity index (χ0n) is 9.34. The number of hydrogen-bond donors (Lipinski definition) is 2. The largest absolute Gasteiger partial charge is 0.396 e. The molecule has 0 aromatic carbocycles. The number of aliphatic hydroxyl groups is 2. The molecular formula is C12H24O2. The Hall–Kier alpha value is -0.0800. The van der Waals surface area contributed by atoms with Gasteiger partial charge in [0, 0.05) is 6.61 Å². The van der Waals surface area contributed by atoms with Crippen LogP contribution in [-0.2, 0) is 0 Å². The van der Waals surface area contributed by atoms with Crippen molar-refractivity contribution in [1.29, 1.82) is 0 Å². The number of aliphatic hydroxyl groups excluding tert-OH is 1. The van der Waals surface area contributed by atoms with Crippen LogP contribution in [0.1, 0.15) is 58.3 Å². The average molecular weight is 200 g/mol. The van der Waals surface area contributed by atoms with E-state index in [1.54, 1.807) is 0 Å². The Balaban J connectivity index is 2.34. The van der Waals surface area contributed by atoms with E-state index in [9.17, 15) is 5.11 Å². The number of rotatable bonds is 6. The van der Waals surface area contributed by atoms with Gasteiger partial charge in [0.1, 0.15) is 0 Å². The summed E-state index contributed by atoms with van der Waals surface area (Å²) in [5, 5.41) is 19.2. The van der Waals surface area contributed by atoms with E-state index >= 15 is 0 Å². The fourth-order valence-corrected chi connectivity index (χ4v) is 2.70. The van der Waals surface area contributed by atoms with Crippen molar-refractivity contribution in [2.75, 3.05) is 6.61 Å². The second-order valence-corrected chi connectivity index (χ2v) is 4.66. The smallest absolute Gasteiger partial charge is 0.0697 e. The van der Waals surface area contributed by atoms with Crippen LogP contribution in [0.25, 0.3) is 0 Å². The van der Waals surface area contributed by atoms with Gasteiger partial charge in [0.05, 0.1) is 5.60 Å². The first kappa shape index (κ1) is 12.0. The summed E-state index contributed by atoms with van der Waals surface area (Å²) in [6.07, 6.45) is 8.64. The monoisotopic (exact) mass is 200 g/mol. The van der Waals surface area contributed by atoms with Crippen LogP contribution in [0.2, 0.25) is 0 Å². The van der Waals surface area contributed by atoms with Crippen molar-refractivity contribution in [3.05, 3.63) is 0 Å². The second kappa shape index (κ2) is 5.72. The van der Waals surface area contributed by atoms with Gasteiger partial charge in [0.2, 0.25) is 0 Å². The molecule has 1 fully saturated rings. The van der Waals surface area contributed by atoms with E-state index in [-0.39, 0.29) is 6.61 Å². The second-order valence-electron chi connectivity index (χ2n) is 4.66. The molecule has 1 aliphatic rings. The maximum atomic E-state index is 10.3. The van der Waals surface area contributed by atoms with Crippen LogP contribution in [0.15, 0.2) is 0 Å². The van der Waals surface area contributed by atoms with E-state index in [2.05, 4.69) is 6.92 Å². The molecule has 2 N–H and O–H groups in total. The van der Waals surface area contributed by atoms with Gasteiger partial charge in [-0.25, -0.2) is 0 Å². The highest BCUT2D eigenvalue weighted by Crippen LogP contribution is 2.40. The first-order chi connectivity index (χ1) is 6.73. The van der Waals surface area contributed by atoms with E-state index in [0.29, 0.717) is 12.3 Å². The quantitative estimate of drug-likeness (QED) is 0.647. The first-order valence-corrected chi connectivity index (χ1v) is 6.06. The van der Waals surface area contributed by atoms with Gasteiger partial charge in [0.15, 0.2) is 0 Å². The summed E-state index contributed by atoms with van der Waals surface area (Å²) in [5.41, 5.74) is -0.539. The van der Waals surface area contributed by atoms with Crippen LogP contribution in [-0.4, -0.2) is 22.4 Å². The summed E-state index contributed by atoms with van der Waals surface area (Å²) in [6, 6.07) is 0. The minimum Gasteiger partial charge on any atom is -0.396 e. The van der Waals surface area contributed by atoms with Crippen molar-refractivity contribution in [2.45, 2.75) is 63.9 Å². The molecule has 2 unspecified atom stereocenters. The highest BCUT2D eigenvalue weighted by atomic mass is 16.3. The fourth-order valence-electron chi connectivity index (χ4n) is 2.70. The minimum atomic E-state index is -0.539. The van der Waals surface area contributed by atoms with Crippen molar-refractivity contribution < 1.29 is 10.2 Å². The van der Waals surface area contributed by atoms with E-state index in [0.717, 1.165) is 25.7 Å². The maximum absolute atomic E-state index is 10.3. The van der Waals surface area contributed by atoms with E-state index in [4.69, 9.17) is 5.11 Å². The van der Waals surface area contributed by atoms with E-state index in [1.165, 1.54) is 19.3 Å². The summed E-state index contributed by atoms with van der Waals surface area (Å²) in [4.78, 5) is 0. The van der Waals surface area contributed by atoms with Gasteiger partial charge in [-0.05, 0) is 31.6 Å². The van der Waals surface area contributed by atoms with Gasteiger partial charge in [0.25, 0.3) is 0 Å². The Bertz CT molecular complexity index is 158. The molecule has 14 heavy (non-hydrogen) atoms. The molecule has 1 rings (SSSR count). The molecule has 2 atom stereocenters. The molecule has 0 saturated heterocycles. The SMILES string of the molecule is CCCCCC1CCCC1(O)CCO. The van der Waals surface area contributed by atoms with Crippen LogP contribution >= 0.6 is 0 Å². The van der Waals surface area contributed by atoms with Crippen molar-refractivity contribution in [3.8, 4) is 0 Å². The molecule has 0 aromatic rings. The first-order valence-electron chi connectivity index (χ1n) is 6.06. The lowest BCUT2D eigenvalue weighted by Crippen LogP contribution is -2.34. The van der Waals surface area contributed by atoms with E-state index in [1.807, 2.05) is 0 Å². The molecule has 0 amide bonds. The molecule has 0 aromatic heterocycles. The van der Waals surface area contributed by atoms with Crippen molar-refractivity contribution in [3.63, 3.8) is 0 Å². The van der Waals surface area contributed by atoms with Crippen LogP contribution in [0.4, 0.5) is 0 Å². The molecule has 0 spiro atoms. The normalized spacial score (nSPS) is 32.4. The molecule has 0 radical (unpaired) electrons. The van der Waals surface area contributed by atoms with Gasteiger partial charge in [-0.3, -0.25) is 0 Å². The molecule has 84 valence electrons. The lowest BCUT2D eigenvalue weighted by molar-refractivity contribution is -0.0215. The predicted octanol–water partition coefficient (Wildman–Crippen LogP) is 2.48. The Labute approximate surface area is 87.3 Å². The van der Waals surface area contributed by atoms with Crippen molar-refractivity contribution in [1.82, 2.24) is 0 Å². The molecule has 0 bridgehead atoms. The molecule has 1 saturated carbocycles. The number of hydrogen-bond acceptors (Lipinski definition) is 2. The van der Waals surface area contributed by atoms with Crippen LogP contribution in [0.5, 0.6) is 0 Å². The summed E-state index contributed by atoms with van der Waals surface area (Å²) < 4.78 is 0. The third-order valence-electron chi connectivity index (χ3n) is 3.62. The minimum absolute atomic E-state index is 0.126. The van der Waals surface area contributed by atoms with Crippen molar-refractivity contribution in [2.24, 2.45) is 5.92 Å². The van der Waals surface area contributed by atoms with Crippen LogP contribution < -0.4 is 0 Å². The van der Waals surface area contributed by atoms with Gasteiger partial charge in [-0.15, -0.1) is 0 Å². The lowest BCUT2D eigenvalue weighted by Gasteiger charge is -2.29. The van der Waals surface area contributed by atoms with Gasteiger partial charge in [-0.1, -0.05) is 32.6 Å². The summed E-state index contributed by atoms with van der Waals surface area (Å²) in [5.74, 6) is 0.446. The standard InChI is InChI=1S/C12H24O2/c1-2-3-4-6-11-7-5-8-12(11,14)9-10-13/h11,13-14H,2-10H2,1H3. The van der Waals surface area contributed by atoms with Gasteiger partial charge < -0.3 is 10.2 Å². The maximum Gasteiger partial charge on any atom is 0.0697 e. The molecular weight excluding hydrogens is 176 g/mol. The summed E-state index contributed by atoms with van der Waals surface area (Å²) in [6.45, 7) is 2.33. The Kier molecular flexibility index (Phi) is 4.90. The summed E-state index contributed by atoms with van der Waals surface area (Å²) >= 11 is 0. The third-order valence-corrected chi connectivity index (χ3v) is 3.62. The highest BCUT2D eigenvalue weighted by molar-refractivity contribution is 4.91. The predicted molar refractivity (Wildman–Crippen MR) is 58.1 cm³/mol. The molecule has 2 nitrogen and oxygen atoms in total. The zero-order valence-corrected chi connectivity index (χ0v) is 9.34. The fraction of sp³-hybridized carbons (Fsp3) is 1.00. The molecule has 0 aliphatic heterocycles. The average Bonchev–Trinajstić information content (AvgIpc) is 2.49. The third kappa shape index (κ3) is 2.96. The van der Waals surface area contributed by atoms with E-state index < -0.39 is 5.60 Å². The van der Waals surface area contributed by atoms with Crippen molar-refractivity contribution >= 4 is 0 Å². The molecule has 2 heteroatoms. The lowest BCUT2D eigenvalue weighted by atomic mass is 9.84. The van der Waals surface area contributed by atoms with Gasteiger partial charge in [-0.2, -0.15) is 0 Å². The zero-order chi connectivity index (χ0) is 10.4. The Morgan fingerprint density at radius 1 is 1.36 bits per heavy atom. The molecule has 1 aliphatic carbocycles. The highest BCUT2D eigenvalue weighted by Gasteiger charge is 2.39. The summed E-state index contributed by atoms with van der Waals surface area (Å²) in [7, 11) is 0.